The van der Waals surface area contributed by atoms with Gasteiger partial charge in [-0.25, -0.2) is 0 Å². The van der Waals surface area contributed by atoms with Crippen LogP contribution in [0.15, 0.2) is 0 Å². The second-order valence-electron chi connectivity index (χ2n) is 8.65. The Hall–Kier alpha value is -1.63. The van der Waals surface area contributed by atoms with Gasteiger partial charge in [-0.05, 0) is 31.1 Å². The number of hydrogen-bond donors (Lipinski definition) is 3. The van der Waals surface area contributed by atoms with E-state index in [1.165, 1.54) is 0 Å². The van der Waals surface area contributed by atoms with Gasteiger partial charge >= 0.3 is 0 Å². The second kappa shape index (κ2) is 6.94. The van der Waals surface area contributed by atoms with Crippen LogP contribution in [0.1, 0.15) is 46.0 Å². The van der Waals surface area contributed by atoms with E-state index in [2.05, 4.69) is 24.5 Å². The van der Waals surface area contributed by atoms with Gasteiger partial charge < -0.3 is 20.6 Å². The minimum Gasteiger partial charge on any atom is -0.393 e. The maximum absolute atomic E-state index is 12.9. The molecule has 0 radical (unpaired) electrons. The van der Waals surface area contributed by atoms with Crippen LogP contribution in [0.3, 0.4) is 0 Å². The van der Waals surface area contributed by atoms with E-state index in [-0.39, 0.29) is 47.1 Å². The van der Waals surface area contributed by atoms with E-state index in [0.29, 0.717) is 45.3 Å². The number of carbonyl (C=O) groups excluding carboxylic acids is 3. The molecule has 140 valence electrons. The number of likely N-dealkylation sites (tertiary alicyclic amines) is 1. The Kier molecular flexibility index (Phi) is 5.04. The van der Waals surface area contributed by atoms with Crippen LogP contribution in [0, 0.1) is 17.3 Å². The molecule has 2 heterocycles. The molecule has 3 amide bonds. The first-order chi connectivity index (χ1) is 11.7. The summed E-state index contributed by atoms with van der Waals surface area (Å²) < 4.78 is 0. The predicted molar refractivity (Wildman–Crippen MR) is 91.4 cm³/mol. The highest BCUT2D eigenvalue weighted by molar-refractivity contribution is 5.84. The maximum Gasteiger partial charge on any atom is 0.227 e. The Labute approximate surface area is 148 Å². The number of piperidine rings is 2. The molecular weight excluding hydrogens is 322 g/mol. The van der Waals surface area contributed by atoms with Gasteiger partial charge in [-0.1, -0.05) is 13.8 Å². The van der Waals surface area contributed by atoms with Crippen LogP contribution in [-0.4, -0.2) is 59.5 Å². The molecule has 2 atom stereocenters. The van der Waals surface area contributed by atoms with E-state index in [0.717, 1.165) is 6.42 Å². The van der Waals surface area contributed by atoms with Crippen molar-refractivity contribution in [3.05, 3.63) is 0 Å². The van der Waals surface area contributed by atoms with E-state index >= 15 is 0 Å². The summed E-state index contributed by atoms with van der Waals surface area (Å²) in [5.74, 6) is -0.185. The van der Waals surface area contributed by atoms with E-state index < -0.39 is 0 Å². The van der Waals surface area contributed by atoms with E-state index in [1.807, 2.05) is 4.90 Å². The summed E-state index contributed by atoms with van der Waals surface area (Å²) in [7, 11) is 0. The van der Waals surface area contributed by atoms with Gasteiger partial charge in [0, 0.05) is 38.0 Å². The Morgan fingerprint density at radius 1 is 1.28 bits per heavy atom. The van der Waals surface area contributed by atoms with Crippen molar-refractivity contribution in [3.8, 4) is 0 Å². The van der Waals surface area contributed by atoms with E-state index in [1.54, 1.807) is 0 Å². The quantitative estimate of drug-likeness (QED) is 0.668. The normalized spacial score (nSPS) is 34.7. The zero-order valence-electron chi connectivity index (χ0n) is 15.1. The predicted octanol–water partition coefficient (Wildman–Crippen LogP) is 0.0268. The highest BCUT2D eigenvalue weighted by atomic mass is 16.3. The van der Waals surface area contributed by atoms with Gasteiger partial charge in [-0.15, -0.1) is 0 Å². The molecule has 7 nitrogen and oxygen atoms in total. The molecule has 1 aliphatic carbocycles. The van der Waals surface area contributed by atoms with Crippen molar-refractivity contribution < 1.29 is 19.5 Å². The van der Waals surface area contributed by atoms with Crippen LogP contribution < -0.4 is 10.6 Å². The number of aliphatic hydroxyl groups is 1. The summed E-state index contributed by atoms with van der Waals surface area (Å²) in [5.41, 5.74) is -0.0666. The summed E-state index contributed by atoms with van der Waals surface area (Å²) in [6.07, 6.45) is 2.55. The van der Waals surface area contributed by atoms with Crippen LogP contribution >= 0.6 is 0 Å². The minimum absolute atomic E-state index is 0.00895. The van der Waals surface area contributed by atoms with Crippen LogP contribution in [0.2, 0.25) is 0 Å². The lowest BCUT2D eigenvalue weighted by atomic mass is 9.79. The lowest BCUT2D eigenvalue weighted by molar-refractivity contribution is -0.143. The van der Waals surface area contributed by atoms with Gasteiger partial charge in [0.25, 0.3) is 0 Å². The number of amides is 3. The van der Waals surface area contributed by atoms with Crippen molar-refractivity contribution in [3.63, 3.8) is 0 Å². The third-order valence-corrected chi connectivity index (χ3v) is 5.62. The molecule has 0 aromatic carbocycles. The van der Waals surface area contributed by atoms with Gasteiger partial charge in [0.05, 0.1) is 12.0 Å². The fourth-order valence-electron chi connectivity index (χ4n) is 4.23. The smallest absolute Gasteiger partial charge is 0.227 e. The summed E-state index contributed by atoms with van der Waals surface area (Å²) in [6.45, 7) is 5.83. The van der Waals surface area contributed by atoms with Crippen LogP contribution in [0.5, 0.6) is 0 Å². The molecule has 1 saturated carbocycles. The first-order valence-corrected chi connectivity index (χ1v) is 9.27. The molecule has 0 bridgehead atoms. The molecule has 0 spiro atoms. The number of aliphatic hydroxyl groups excluding tert-OH is 1. The maximum atomic E-state index is 12.9. The van der Waals surface area contributed by atoms with Crippen molar-refractivity contribution in [2.75, 3.05) is 19.6 Å². The Balaban J connectivity index is 1.59. The van der Waals surface area contributed by atoms with Crippen LogP contribution in [-0.2, 0) is 14.4 Å². The highest BCUT2D eigenvalue weighted by Gasteiger charge is 2.40. The molecule has 0 aromatic heterocycles. The van der Waals surface area contributed by atoms with E-state index in [4.69, 9.17) is 0 Å². The zero-order valence-corrected chi connectivity index (χ0v) is 15.1. The topological polar surface area (TPSA) is 98.7 Å². The molecule has 2 aliphatic heterocycles. The molecule has 3 aliphatic rings. The van der Waals surface area contributed by atoms with Crippen LogP contribution in [0.4, 0.5) is 0 Å². The molecular formula is C18H29N3O4. The number of rotatable bonds is 3. The highest BCUT2D eigenvalue weighted by Crippen LogP contribution is 2.32. The first kappa shape index (κ1) is 18.2. The van der Waals surface area contributed by atoms with Gasteiger partial charge in [0.1, 0.15) is 0 Å². The van der Waals surface area contributed by atoms with Crippen molar-refractivity contribution >= 4 is 17.7 Å². The molecule has 3 N–H and O–H groups in total. The average Bonchev–Trinajstić information content (AvgIpc) is 2.50. The fourth-order valence-corrected chi connectivity index (χ4v) is 4.23. The molecule has 7 heteroatoms. The average molecular weight is 351 g/mol. The van der Waals surface area contributed by atoms with Crippen molar-refractivity contribution in [2.24, 2.45) is 17.3 Å². The first-order valence-electron chi connectivity index (χ1n) is 9.27. The van der Waals surface area contributed by atoms with Crippen molar-refractivity contribution in [1.82, 2.24) is 15.5 Å². The molecule has 3 fully saturated rings. The molecule has 2 unspecified atom stereocenters. The van der Waals surface area contributed by atoms with Crippen molar-refractivity contribution in [1.29, 1.82) is 0 Å². The molecule has 3 rings (SSSR count). The summed E-state index contributed by atoms with van der Waals surface area (Å²) in [6, 6.07) is -0.0591. The monoisotopic (exact) mass is 351 g/mol. The number of nitrogens with zero attached hydrogens (tertiary/aromatic N) is 1. The fraction of sp³-hybridized carbons (Fsp3) is 0.833. The molecule has 0 aromatic rings. The standard InChI is InChI=1S/C18H29N3O4/c1-18(2)7-13(20-16(24)12-5-14(22)6-12)9-21(10-18)17(25)11-3-4-15(23)19-8-11/h11-14,22H,3-10H2,1-2H3,(H,19,23)(H,20,24). The lowest BCUT2D eigenvalue weighted by Crippen LogP contribution is -2.58. The number of nitrogens with one attached hydrogen (secondary N) is 2. The second-order valence-corrected chi connectivity index (χ2v) is 8.65. The minimum atomic E-state index is -0.349. The summed E-state index contributed by atoms with van der Waals surface area (Å²) in [5, 5.41) is 15.2. The summed E-state index contributed by atoms with van der Waals surface area (Å²) >= 11 is 0. The lowest BCUT2D eigenvalue weighted by Gasteiger charge is -2.44. The van der Waals surface area contributed by atoms with Gasteiger partial charge in [0.2, 0.25) is 17.7 Å². The third kappa shape index (κ3) is 4.32. The van der Waals surface area contributed by atoms with Crippen molar-refractivity contribution in [2.45, 2.75) is 58.1 Å². The Morgan fingerprint density at radius 2 is 2.00 bits per heavy atom. The zero-order chi connectivity index (χ0) is 18.2. The largest absolute Gasteiger partial charge is 0.393 e. The molecule has 25 heavy (non-hydrogen) atoms. The van der Waals surface area contributed by atoms with Gasteiger partial charge in [0.15, 0.2) is 0 Å². The number of carbonyl (C=O) groups is 3. The summed E-state index contributed by atoms with van der Waals surface area (Å²) in [4.78, 5) is 38.3. The Morgan fingerprint density at radius 3 is 2.60 bits per heavy atom. The third-order valence-electron chi connectivity index (χ3n) is 5.62. The molecule has 2 saturated heterocycles. The Bertz CT molecular complexity index is 547. The van der Waals surface area contributed by atoms with Crippen LogP contribution in [0.25, 0.3) is 0 Å². The van der Waals surface area contributed by atoms with Gasteiger partial charge in [-0.3, -0.25) is 14.4 Å². The number of hydrogen-bond acceptors (Lipinski definition) is 4. The van der Waals surface area contributed by atoms with Gasteiger partial charge in [-0.2, -0.15) is 0 Å². The SMILES string of the molecule is CC1(C)CC(NC(=O)C2CC(O)C2)CN(C(=O)C2CCC(=O)NC2)C1. The van der Waals surface area contributed by atoms with E-state index in [9.17, 15) is 19.5 Å².